The van der Waals surface area contributed by atoms with Gasteiger partial charge in [0.25, 0.3) is 0 Å². The highest BCUT2D eigenvalue weighted by Gasteiger charge is 2.55. The number of ether oxygens (including phenoxy) is 1. The number of alkyl halides is 1. The van der Waals surface area contributed by atoms with Gasteiger partial charge in [0.1, 0.15) is 5.82 Å². The molecule has 0 radical (unpaired) electrons. The molecule has 2 heterocycles. The van der Waals surface area contributed by atoms with Crippen LogP contribution >= 0.6 is 0 Å². The van der Waals surface area contributed by atoms with Crippen molar-refractivity contribution in [2.45, 2.75) is 23.2 Å². The van der Waals surface area contributed by atoms with Crippen LogP contribution in [0.1, 0.15) is 6.42 Å². The third kappa shape index (κ3) is 2.36. The number of rotatable bonds is 2. The van der Waals surface area contributed by atoms with Crippen molar-refractivity contribution in [1.82, 2.24) is 9.62 Å². The monoisotopic (exact) mass is 318 g/mol. The molecule has 116 valence electrons. The Balaban J connectivity index is 1.99. The lowest BCUT2D eigenvalue weighted by atomic mass is 10.0. The van der Waals surface area contributed by atoms with E-state index in [0.717, 1.165) is 16.4 Å². The van der Waals surface area contributed by atoms with E-state index in [9.17, 15) is 17.2 Å². The summed E-state index contributed by atoms with van der Waals surface area (Å²) >= 11 is 0. The molecule has 8 heteroatoms. The van der Waals surface area contributed by atoms with E-state index in [-0.39, 0.29) is 31.0 Å². The van der Waals surface area contributed by atoms with E-state index in [1.165, 1.54) is 12.1 Å². The minimum Gasteiger partial charge on any atom is -0.355 e. The highest BCUT2D eigenvalue weighted by atomic mass is 32.2. The highest BCUT2D eigenvalue weighted by Crippen LogP contribution is 2.38. The van der Waals surface area contributed by atoms with Crippen LogP contribution in [0.25, 0.3) is 0 Å². The first-order valence-electron chi connectivity index (χ1n) is 6.74. The third-order valence-electron chi connectivity index (χ3n) is 3.94. The van der Waals surface area contributed by atoms with Gasteiger partial charge in [-0.2, -0.15) is 4.31 Å². The summed E-state index contributed by atoms with van der Waals surface area (Å²) in [6.07, 6.45) is -1.20. The molecule has 0 bridgehead atoms. The van der Waals surface area contributed by atoms with Crippen molar-refractivity contribution in [2.24, 2.45) is 0 Å². The fourth-order valence-corrected chi connectivity index (χ4v) is 4.59. The van der Waals surface area contributed by atoms with E-state index in [1.807, 2.05) is 0 Å². The first-order chi connectivity index (χ1) is 9.97. The Hall–Kier alpha value is -1.09. The Morgan fingerprint density at radius 2 is 2.05 bits per heavy atom. The molecule has 1 unspecified atom stereocenters. The summed E-state index contributed by atoms with van der Waals surface area (Å²) in [6, 6.07) is 4.52. The van der Waals surface area contributed by atoms with Crippen LogP contribution in [0.3, 0.4) is 0 Å². The predicted molar refractivity (Wildman–Crippen MR) is 71.4 cm³/mol. The third-order valence-corrected chi connectivity index (χ3v) is 5.88. The largest absolute Gasteiger partial charge is 0.355 e. The first-order valence-corrected chi connectivity index (χ1v) is 8.18. The van der Waals surface area contributed by atoms with Crippen LogP contribution < -0.4 is 5.32 Å². The van der Waals surface area contributed by atoms with Gasteiger partial charge in [0.2, 0.25) is 10.0 Å². The molecule has 5 nitrogen and oxygen atoms in total. The van der Waals surface area contributed by atoms with Crippen LogP contribution in [-0.4, -0.2) is 50.9 Å². The van der Waals surface area contributed by atoms with Crippen LogP contribution in [-0.2, 0) is 14.8 Å². The molecule has 2 fully saturated rings. The zero-order valence-electron chi connectivity index (χ0n) is 11.3. The molecule has 1 N–H and O–H groups in total. The van der Waals surface area contributed by atoms with Crippen molar-refractivity contribution in [3.63, 3.8) is 0 Å². The van der Waals surface area contributed by atoms with Gasteiger partial charge < -0.3 is 10.1 Å². The quantitative estimate of drug-likeness (QED) is 0.879. The maximum Gasteiger partial charge on any atom is 0.245 e. The molecule has 0 saturated carbocycles. The first kappa shape index (κ1) is 14.8. The minimum atomic E-state index is -3.92. The Morgan fingerprint density at radius 1 is 1.33 bits per heavy atom. The summed E-state index contributed by atoms with van der Waals surface area (Å²) in [4.78, 5) is -0.0560. The average molecular weight is 318 g/mol. The van der Waals surface area contributed by atoms with Crippen LogP contribution in [0, 0.1) is 5.82 Å². The fraction of sp³-hybridized carbons (Fsp3) is 0.538. The van der Waals surface area contributed by atoms with Crippen molar-refractivity contribution in [2.75, 3.05) is 26.2 Å². The molecule has 0 aromatic heterocycles. The zero-order chi connectivity index (χ0) is 15.1. The molecule has 2 atom stereocenters. The van der Waals surface area contributed by atoms with Gasteiger partial charge in [-0.1, -0.05) is 0 Å². The van der Waals surface area contributed by atoms with Crippen LogP contribution in [0.4, 0.5) is 8.78 Å². The smallest absolute Gasteiger partial charge is 0.245 e. The molecule has 2 saturated heterocycles. The number of piperidine rings is 1. The molecule has 0 aliphatic carbocycles. The number of benzene rings is 1. The van der Waals surface area contributed by atoms with E-state index in [0.29, 0.717) is 6.54 Å². The summed E-state index contributed by atoms with van der Waals surface area (Å²) in [7, 11) is -3.92. The summed E-state index contributed by atoms with van der Waals surface area (Å²) < 4.78 is 59.3. The average Bonchev–Trinajstić information content (AvgIpc) is 2.88. The van der Waals surface area contributed by atoms with Gasteiger partial charge in [-0.3, -0.25) is 0 Å². The topological polar surface area (TPSA) is 58.6 Å². The van der Waals surface area contributed by atoms with Crippen molar-refractivity contribution >= 4 is 10.0 Å². The molecule has 3 rings (SSSR count). The maximum atomic E-state index is 14.4. The summed E-state index contributed by atoms with van der Waals surface area (Å²) in [5, 5.41) is 2.88. The maximum absolute atomic E-state index is 14.4. The fourth-order valence-electron chi connectivity index (χ4n) is 2.88. The molecule has 1 spiro atoms. The number of sulfonamides is 1. The number of nitrogens with zero attached hydrogens (tertiary/aromatic N) is 1. The predicted octanol–water partition coefficient (Wildman–Crippen LogP) is 0.874. The van der Waals surface area contributed by atoms with Gasteiger partial charge in [-0.05, 0) is 30.8 Å². The van der Waals surface area contributed by atoms with Gasteiger partial charge in [-0.15, -0.1) is 0 Å². The van der Waals surface area contributed by atoms with Gasteiger partial charge in [0.15, 0.2) is 11.9 Å². The van der Waals surface area contributed by atoms with Crippen LogP contribution in [0.5, 0.6) is 0 Å². The standard InChI is InChI=1S/C13H16F2N2O3S/c14-10-1-3-11(4-2-10)21(18,19)17-7-8-20-13(17)5-6-16-9-12(13)15/h1-4,12,16H,5-9H2/t12?,13-/m0/s1. The second-order valence-corrected chi connectivity index (χ2v) is 7.01. The van der Waals surface area contributed by atoms with Crippen LogP contribution in [0.2, 0.25) is 0 Å². The summed E-state index contributed by atoms with van der Waals surface area (Å²) in [5.74, 6) is -0.522. The summed E-state index contributed by atoms with van der Waals surface area (Å²) in [5.41, 5.74) is -1.45. The van der Waals surface area contributed by atoms with Crippen molar-refractivity contribution in [3.05, 3.63) is 30.1 Å². The van der Waals surface area contributed by atoms with E-state index < -0.39 is 27.7 Å². The Kier molecular flexibility index (Phi) is 3.73. The lowest BCUT2D eigenvalue weighted by Gasteiger charge is -2.41. The molecule has 2 aliphatic rings. The molecule has 0 amide bonds. The number of halogens is 2. The lowest BCUT2D eigenvalue weighted by molar-refractivity contribution is -0.120. The number of nitrogens with one attached hydrogen (secondary N) is 1. The van der Waals surface area contributed by atoms with Gasteiger partial charge in [-0.25, -0.2) is 17.2 Å². The second kappa shape index (κ2) is 5.28. The molecule has 1 aromatic rings. The van der Waals surface area contributed by atoms with Crippen LogP contribution in [0.15, 0.2) is 29.2 Å². The normalized spacial score (nSPS) is 30.9. The molecule has 21 heavy (non-hydrogen) atoms. The summed E-state index contributed by atoms with van der Waals surface area (Å²) in [6.45, 7) is 0.784. The van der Waals surface area contributed by atoms with Gasteiger partial charge in [0.05, 0.1) is 11.5 Å². The van der Waals surface area contributed by atoms with E-state index >= 15 is 0 Å². The number of hydrogen-bond donors (Lipinski definition) is 1. The Morgan fingerprint density at radius 3 is 2.71 bits per heavy atom. The van der Waals surface area contributed by atoms with Crippen molar-refractivity contribution < 1.29 is 21.9 Å². The molecule has 2 aliphatic heterocycles. The second-order valence-electron chi connectivity index (χ2n) is 5.15. The van der Waals surface area contributed by atoms with E-state index in [1.54, 1.807) is 0 Å². The van der Waals surface area contributed by atoms with E-state index in [4.69, 9.17) is 4.74 Å². The van der Waals surface area contributed by atoms with Crippen molar-refractivity contribution in [3.8, 4) is 0 Å². The Bertz CT molecular complexity index is 623. The van der Waals surface area contributed by atoms with Gasteiger partial charge >= 0.3 is 0 Å². The Labute approximate surface area is 121 Å². The SMILES string of the molecule is O=S(=O)(c1ccc(F)cc1)N1CCO[C@]12CCNCC2F. The highest BCUT2D eigenvalue weighted by molar-refractivity contribution is 7.89. The molecular weight excluding hydrogens is 302 g/mol. The zero-order valence-corrected chi connectivity index (χ0v) is 12.1. The van der Waals surface area contributed by atoms with Crippen molar-refractivity contribution in [1.29, 1.82) is 0 Å². The van der Waals surface area contributed by atoms with Gasteiger partial charge in [0, 0.05) is 19.5 Å². The molecular formula is C13H16F2N2O3S. The number of hydrogen-bond acceptors (Lipinski definition) is 4. The minimum absolute atomic E-state index is 0.0510. The van der Waals surface area contributed by atoms with E-state index in [2.05, 4.69) is 5.32 Å². The molecule has 1 aromatic carbocycles. The lowest BCUT2D eigenvalue weighted by Crippen LogP contribution is -2.61.